The van der Waals surface area contributed by atoms with Crippen molar-refractivity contribution in [3.05, 3.63) is 35.4 Å². The Bertz CT molecular complexity index is 581. The number of carbonyl (C=O) groups is 2. The van der Waals surface area contributed by atoms with Crippen LogP contribution in [0.5, 0.6) is 0 Å². The van der Waals surface area contributed by atoms with Crippen LogP contribution in [0.1, 0.15) is 64.0 Å². The van der Waals surface area contributed by atoms with Crippen molar-refractivity contribution in [1.82, 2.24) is 10.2 Å². The summed E-state index contributed by atoms with van der Waals surface area (Å²) in [5.74, 6) is 0.0804. The van der Waals surface area contributed by atoms with E-state index in [1.54, 1.807) is 11.9 Å². The fraction of sp³-hybridized carbons (Fsp3) is 0.619. The number of rotatable bonds is 5. The summed E-state index contributed by atoms with van der Waals surface area (Å²) in [4.78, 5) is 26.1. The molecule has 138 valence electrons. The summed E-state index contributed by atoms with van der Waals surface area (Å²) in [6.45, 7) is 7.21. The lowest BCUT2D eigenvalue weighted by atomic mass is 9.87. The summed E-state index contributed by atoms with van der Waals surface area (Å²) in [6.07, 6.45) is 5.37. The average molecular weight is 344 g/mol. The van der Waals surface area contributed by atoms with Crippen LogP contribution < -0.4 is 5.32 Å². The Labute approximate surface area is 152 Å². The lowest BCUT2D eigenvalue weighted by Gasteiger charge is -2.22. The molecule has 1 aromatic carbocycles. The maximum absolute atomic E-state index is 12.3. The van der Waals surface area contributed by atoms with Crippen LogP contribution in [0.25, 0.3) is 0 Å². The molecule has 4 heteroatoms. The number of hydrogen-bond donors (Lipinski definition) is 1. The van der Waals surface area contributed by atoms with Crippen molar-refractivity contribution in [3.8, 4) is 0 Å². The Morgan fingerprint density at radius 2 is 1.68 bits per heavy atom. The van der Waals surface area contributed by atoms with E-state index in [4.69, 9.17) is 0 Å². The number of likely N-dealkylation sites (N-methyl/N-ethyl adjacent to an activating group) is 1. The maximum atomic E-state index is 12.3. The van der Waals surface area contributed by atoms with Gasteiger partial charge in [0.1, 0.15) is 0 Å². The molecule has 0 aliphatic heterocycles. The molecule has 1 aliphatic carbocycles. The minimum absolute atomic E-state index is 0.0379. The highest BCUT2D eigenvalue weighted by Gasteiger charge is 2.22. The summed E-state index contributed by atoms with van der Waals surface area (Å²) in [5.41, 5.74) is 2.51. The number of benzene rings is 1. The van der Waals surface area contributed by atoms with Crippen LogP contribution in [0.4, 0.5) is 0 Å². The highest BCUT2D eigenvalue weighted by molar-refractivity contribution is 5.85. The molecule has 0 heterocycles. The van der Waals surface area contributed by atoms with Crippen molar-refractivity contribution in [2.75, 3.05) is 13.6 Å². The molecule has 2 amide bonds. The largest absolute Gasteiger partial charge is 0.347 e. The van der Waals surface area contributed by atoms with E-state index in [1.165, 1.54) is 12.0 Å². The summed E-state index contributed by atoms with van der Waals surface area (Å²) in [7, 11) is 1.78. The number of hydrogen-bond acceptors (Lipinski definition) is 2. The van der Waals surface area contributed by atoms with Crippen molar-refractivity contribution >= 4 is 11.8 Å². The lowest BCUT2D eigenvalue weighted by molar-refractivity contribution is -0.133. The molecule has 4 nitrogen and oxygen atoms in total. The molecular weight excluding hydrogens is 312 g/mol. The molecule has 1 aliphatic rings. The van der Waals surface area contributed by atoms with Gasteiger partial charge in [-0.3, -0.25) is 9.59 Å². The predicted octanol–water partition coefficient (Wildman–Crippen LogP) is 3.64. The quantitative estimate of drug-likeness (QED) is 0.886. The first-order valence-corrected chi connectivity index (χ1v) is 9.38. The van der Waals surface area contributed by atoms with E-state index in [0.717, 1.165) is 31.2 Å². The van der Waals surface area contributed by atoms with Crippen LogP contribution in [-0.4, -0.2) is 30.3 Å². The second-order valence-corrected chi connectivity index (χ2v) is 8.25. The third kappa shape index (κ3) is 5.87. The summed E-state index contributed by atoms with van der Waals surface area (Å²) < 4.78 is 0. The SMILES string of the molecule is CN(Cc1ccc(C(C)(C)C)cc1)C(=O)CNC(=O)C1CCCCC1. The maximum Gasteiger partial charge on any atom is 0.242 e. The zero-order chi connectivity index (χ0) is 18.4. The predicted molar refractivity (Wildman–Crippen MR) is 101 cm³/mol. The van der Waals surface area contributed by atoms with Gasteiger partial charge >= 0.3 is 0 Å². The van der Waals surface area contributed by atoms with Gasteiger partial charge < -0.3 is 10.2 Å². The number of nitrogens with one attached hydrogen (secondary N) is 1. The second-order valence-electron chi connectivity index (χ2n) is 8.25. The van der Waals surface area contributed by atoms with Crippen LogP contribution in [-0.2, 0) is 21.5 Å². The first-order chi connectivity index (χ1) is 11.8. The van der Waals surface area contributed by atoms with Gasteiger partial charge in [0.05, 0.1) is 6.54 Å². The van der Waals surface area contributed by atoms with E-state index < -0.39 is 0 Å². The van der Waals surface area contributed by atoms with Gasteiger partial charge in [-0.2, -0.15) is 0 Å². The van der Waals surface area contributed by atoms with Crippen LogP contribution in [0.15, 0.2) is 24.3 Å². The molecule has 25 heavy (non-hydrogen) atoms. The van der Waals surface area contributed by atoms with Crippen molar-refractivity contribution in [1.29, 1.82) is 0 Å². The zero-order valence-electron chi connectivity index (χ0n) is 16.1. The molecule has 1 saturated carbocycles. The van der Waals surface area contributed by atoms with E-state index in [9.17, 15) is 9.59 Å². The normalized spacial score (nSPS) is 15.7. The molecule has 1 aromatic rings. The van der Waals surface area contributed by atoms with Crippen LogP contribution in [0.3, 0.4) is 0 Å². The third-order valence-electron chi connectivity index (χ3n) is 5.06. The summed E-state index contributed by atoms with van der Waals surface area (Å²) in [5, 5.41) is 2.82. The van der Waals surface area contributed by atoms with Gasteiger partial charge in [0.25, 0.3) is 0 Å². The monoisotopic (exact) mass is 344 g/mol. The number of carbonyl (C=O) groups excluding carboxylic acids is 2. The van der Waals surface area contributed by atoms with Crippen molar-refractivity contribution in [3.63, 3.8) is 0 Å². The molecule has 1 N–H and O–H groups in total. The molecule has 0 bridgehead atoms. The number of nitrogens with zero attached hydrogens (tertiary/aromatic N) is 1. The van der Waals surface area contributed by atoms with Gasteiger partial charge in [0.2, 0.25) is 11.8 Å². The van der Waals surface area contributed by atoms with Crippen molar-refractivity contribution < 1.29 is 9.59 Å². The average Bonchev–Trinajstić information content (AvgIpc) is 2.59. The van der Waals surface area contributed by atoms with Crippen molar-refractivity contribution in [2.24, 2.45) is 5.92 Å². The number of amides is 2. The van der Waals surface area contributed by atoms with Crippen molar-refractivity contribution in [2.45, 2.75) is 64.8 Å². The van der Waals surface area contributed by atoms with E-state index in [2.05, 4.69) is 50.4 Å². The van der Waals surface area contributed by atoms with Gasteiger partial charge in [-0.05, 0) is 29.4 Å². The van der Waals surface area contributed by atoms with Crippen LogP contribution >= 0.6 is 0 Å². The second kappa shape index (κ2) is 8.50. The minimum atomic E-state index is -0.0518. The Kier molecular flexibility index (Phi) is 6.63. The molecule has 0 spiro atoms. The first-order valence-electron chi connectivity index (χ1n) is 9.38. The van der Waals surface area contributed by atoms with Gasteiger partial charge in [0, 0.05) is 19.5 Å². The molecule has 0 atom stereocenters. The summed E-state index contributed by atoms with van der Waals surface area (Å²) in [6, 6.07) is 8.40. The van der Waals surface area contributed by atoms with Crippen LogP contribution in [0.2, 0.25) is 0 Å². The molecule has 0 radical (unpaired) electrons. The molecular formula is C21H32N2O2. The van der Waals surface area contributed by atoms with Gasteiger partial charge in [-0.15, -0.1) is 0 Å². The topological polar surface area (TPSA) is 49.4 Å². The molecule has 0 saturated heterocycles. The summed E-state index contributed by atoms with van der Waals surface area (Å²) >= 11 is 0. The molecule has 0 unspecified atom stereocenters. The Hall–Kier alpha value is -1.84. The highest BCUT2D eigenvalue weighted by Crippen LogP contribution is 2.24. The van der Waals surface area contributed by atoms with Gasteiger partial charge in [0.15, 0.2) is 0 Å². The molecule has 0 aromatic heterocycles. The smallest absolute Gasteiger partial charge is 0.242 e. The van der Waals surface area contributed by atoms with E-state index >= 15 is 0 Å². The minimum Gasteiger partial charge on any atom is -0.347 e. The fourth-order valence-electron chi connectivity index (χ4n) is 3.28. The fourth-order valence-corrected chi connectivity index (χ4v) is 3.28. The van der Waals surface area contributed by atoms with E-state index in [0.29, 0.717) is 6.54 Å². The first kappa shape index (κ1) is 19.5. The zero-order valence-corrected chi connectivity index (χ0v) is 16.1. The molecule has 2 rings (SSSR count). The van der Waals surface area contributed by atoms with Gasteiger partial charge in [-0.25, -0.2) is 0 Å². The Morgan fingerprint density at radius 1 is 1.08 bits per heavy atom. The van der Waals surface area contributed by atoms with Crippen LogP contribution in [0, 0.1) is 5.92 Å². The highest BCUT2D eigenvalue weighted by atomic mass is 16.2. The third-order valence-corrected chi connectivity index (χ3v) is 5.06. The molecule has 1 fully saturated rings. The Morgan fingerprint density at radius 3 is 2.24 bits per heavy atom. The lowest BCUT2D eigenvalue weighted by Crippen LogP contribution is -2.40. The van der Waals surface area contributed by atoms with E-state index in [-0.39, 0.29) is 29.7 Å². The van der Waals surface area contributed by atoms with E-state index in [1.807, 2.05) is 0 Å². The standard InChI is InChI=1S/C21H32N2O2/c1-21(2,3)18-12-10-16(11-13-18)15-23(4)19(24)14-22-20(25)17-8-6-5-7-9-17/h10-13,17H,5-9,14-15H2,1-4H3,(H,22,25). The van der Waals surface area contributed by atoms with Gasteiger partial charge in [-0.1, -0.05) is 64.3 Å². The Balaban J connectivity index is 1.80.